The summed E-state index contributed by atoms with van der Waals surface area (Å²) in [4.78, 5) is 35.8. The smallest absolute Gasteiger partial charge is 0.338 e. The molecule has 4 fully saturated rings. The zero-order valence-electron chi connectivity index (χ0n) is 13.6. The van der Waals surface area contributed by atoms with E-state index < -0.39 is 5.97 Å². The van der Waals surface area contributed by atoms with E-state index in [0.29, 0.717) is 17.0 Å². The number of hydrogen-bond acceptors (Lipinski definition) is 5. The molecule has 2 aliphatic carbocycles. The van der Waals surface area contributed by atoms with Gasteiger partial charge in [-0.15, -0.1) is 0 Å². The van der Waals surface area contributed by atoms with Crippen molar-refractivity contribution in [2.75, 3.05) is 0 Å². The summed E-state index contributed by atoms with van der Waals surface area (Å²) in [7, 11) is 0. The Kier molecular flexibility index (Phi) is 3.66. The zero-order chi connectivity index (χ0) is 16.8. The van der Waals surface area contributed by atoms with Gasteiger partial charge in [0.1, 0.15) is 12.2 Å². The molecule has 5 unspecified atom stereocenters. The second kappa shape index (κ2) is 5.72. The fourth-order valence-electron chi connectivity index (χ4n) is 4.47. The Hall–Kier alpha value is -2.17. The second-order valence-corrected chi connectivity index (χ2v) is 7.24. The van der Waals surface area contributed by atoms with Crippen LogP contribution < -0.4 is 0 Å². The number of hydrogen-bond donors (Lipinski definition) is 0. The number of Topliss-reactive ketones (excluding diaryl/α,β-unsaturated/α-hetero) is 1. The van der Waals surface area contributed by atoms with Crippen LogP contribution in [0.5, 0.6) is 0 Å². The Balaban J connectivity index is 1.51. The van der Waals surface area contributed by atoms with E-state index in [1.807, 2.05) is 0 Å². The molecular formula is C19H20O5. The average molecular weight is 328 g/mol. The Morgan fingerprint density at radius 3 is 2.46 bits per heavy atom. The van der Waals surface area contributed by atoms with E-state index in [1.54, 1.807) is 24.3 Å². The van der Waals surface area contributed by atoms with Crippen LogP contribution in [0.15, 0.2) is 24.3 Å². The summed E-state index contributed by atoms with van der Waals surface area (Å²) in [5, 5.41) is 0. The third-order valence-corrected chi connectivity index (χ3v) is 5.61. The summed E-state index contributed by atoms with van der Waals surface area (Å²) in [5.74, 6) is 0.0984. The SMILES string of the molecule is CC(=O)c1ccc(C(=O)OC2C3CC4CC(C3)C(=O)OC2C4)cc1. The lowest BCUT2D eigenvalue weighted by Crippen LogP contribution is -2.45. The number of carbonyl (C=O) groups is 3. The van der Waals surface area contributed by atoms with E-state index in [-0.39, 0.29) is 35.8 Å². The predicted octanol–water partition coefficient (Wildman–Crippen LogP) is 2.78. The maximum absolute atomic E-state index is 12.5. The summed E-state index contributed by atoms with van der Waals surface area (Å²) >= 11 is 0. The lowest BCUT2D eigenvalue weighted by atomic mass is 9.67. The van der Waals surface area contributed by atoms with Crippen LogP contribution in [0.4, 0.5) is 0 Å². The topological polar surface area (TPSA) is 69.7 Å². The molecule has 2 heterocycles. The van der Waals surface area contributed by atoms with E-state index >= 15 is 0 Å². The van der Waals surface area contributed by atoms with Gasteiger partial charge in [0.15, 0.2) is 5.78 Å². The van der Waals surface area contributed by atoms with E-state index in [2.05, 4.69) is 0 Å². The quantitative estimate of drug-likeness (QED) is 0.630. The predicted molar refractivity (Wildman–Crippen MR) is 84.5 cm³/mol. The number of ketones is 1. The Labute approximate surface area is 140 Å². The highest BCUT2D eigenvalue weighted by Gasteiger charge is 2.51. The van der Waals surface area contributed by atoms with Gasteiger partial charge in [0.2, 0.25) is 0 Å². The van der Waals surface area contributed by atoms with Crippen molar-refractivity contribution in [3.63, 3.8) is 0 Å². The lowest BCUT2D eigenvalue weighted by molar-refractivity contribution is -0.156. The molecule has 0 aromatic heterocycles. The molecular weight excluding hydrogens is 308 g/mol. The highest BCUT2D eigenvalue weighted by molar-refractivity contribution is 5.96. The number of rotatable bonds is 3. The van der Waals surface area contributed by atoms with Crippen molar-refractivity contribution in [2.45, 2.75) is 44.8 Å². The molecule has 0 N–H and O–H groups in total. The molecule has 1 aromatic rings. The molecule has 4 bridgehead atoms. The Bertz CT molecular complexity index is 692. The molecule has 0 radical (unpaired) electrons. The second-order valence-electron chi connectivity index (χ2n) is 7.24. The van der Waals surface area contributed by atoms with Gasteiger partial charge < -0.3 is 9.47 Å². The number of fused-ring (bicyclic) bond motifs is 1. The van der Waals surface area contributed by atoms with Crippen LogP contribution in [0.1, 0.15) is 53.3 Å². The first-order valence-electron chi connectivity index (χ1n) is 8.53. The van der Waals surface area contributed by atoms with Gasteiger partial charge in [-0.2, -0.15) is 0 Å². The molecule has 0 amide bonds. The van der Waals surface area contributed by atoms with Crippen LogP contribution in [-0.4, -0.2) is 29.9 Å². The third kappa shape index (κ3) is 2.62. The number of esters is 2. The van der Waals surface area contributed by atoms with Gasteiger partial charge in [-0.3, -0.25) is 9.59 Å². The van der Waals surface area contributed by atoms with Gasteiger partial charge in [0.05, 0.1) is 11.5 Å². The van der Waals surface area contributed by atoms with Gasteiger partial charge in [-0.1, -0.05) is 12.1 Å². The summed E-state index contributed by atoms with van der Waals surface area (Å²) in [5.41, 5.74) is 0.978. The molecule has 5 nitrogen and oxygen atoms in total. The van der Waals surface area contributed by atoms with E-state index in [9.17, 15) is 14.4 Å². The fourth-order valence-corrected chi connectivity index (χ4v) is 4.47. The number of ether oxygens (including phenoxy) is 2. The molecule has 2 saturated heterocycles. The molecule has 24 heavy (non-hydrogen) atoms. The Morgan fingerprint density at radius 1 is 1.04 bits per heavy atom. The molecule has 5 heteroatoms. The van der Waals surface area contributed by atoms with Crippen molar-refractivity contribution >= 4 is 17.7 Å². The molecule has 2 aliphatic heterocycles. The minimum atomic E-state index is -0.418. The first-order valence-corrected chi connectivity index (χ1v) is 8.53. The van der Waals surface area contributed by atoms with Crippen molar-refractivity contribution in [1.29, 1.82) is 0 Å². The first kappa shape index (κ1) is 15.4. The van der Waals surface area contributed by atoms with Crippen LogP contribution in [0.2, 0.25) is 0 Å². The third-order valence-electron chi connectivity index (χ3n) is 5.61. The molecule has 5 atom stereocenters. The average Bonchev–Trinajstić information content (AvgIpc) is 2.72. The molecule has 2 saturated carbocycles. The van der Waals surface area contributed by atoms with Gasteiger partial charge in [-0.05, 0) is 50.7 Å². The Morgan fingerprint density at radius 2 is 1.75 bits per heavy atom. The van der Waals surface area contributed by atoms with Crippen molar-refractivity contribution in [3.8, 4) is 0 Å². The van der Waals surface area contributed by atoms with Crippen LogP contribution >= 0.6 is 0 Å². The van der Waals surface area contributed by atoms with Crippen LogP contribution in [0.25, 0.3) is 0 Å². The zero-order valence-corrected chi connectivity index (χ0v) is 13.6. The molecule has 126 valence electrons. The number of carbonyl (C=O) groups excluding carboxylic acids is 3. The van der Waals surface area contributed by atoms with Crippen molar-refractivity contribution < 1.29 is 23.9 Å². The maximum atomic E-state index is 12.5. The van der Waals surface area contributed by atoms with Gasteiger partial charge in [0.25, 0.3) is 0 Å². The molecule has 1 aromatic carbocycles. The maximum Gasteiger partial charge on any atom is 0.338 e. The fraction of sp³-hybridized carbons (Fsp3) is 0.526. The molecule has 4 aliphatic rings. The van der Waals surface area contributed by atoms with Crippen molar-refractivity contribution in [3.05, 3.63) is 35.4 Å². The van der Waals surface area contributed by atoms with E-state index in [1.165, 1.54) is 6.92 Å². The van der Waals surface area contributed by atoms with Crippen LogP contribution in [-0.2, 0) is 14.3 Å². The lowest BCUT2D eigenvalue weighted by Gasteiger charge is -2.41. The van der Waals surface area contributed by atoms with E-state index in [0.717, 1.165) is 25.7 Å². The van der Waals surface area contributed by atoms with Gasteiger partial charge >= 0.3 is 11.9 Å². The van der Waals surface area contributed by atoms with Crippen molar-refractivity contribution in [1.82, 2.24) is 0 Å². The standard InChI is InChI=1S/C19H20O5/c1-10(20)12-2-4-13(5-3-12)18(21)24-17-14-6-11-7-15(9-14)19(22)23-16(17)8-11/h2-5,11,14-17H,6-9H2,1H3. The molecule has 0 spiro atoms. The van der Waals surface area contributed by atoms with Gasteiger partial charge in [-0.25, -0.2) is 4.79 Å². The van der Waals surface area contributed by atoms with E-state index in [4.69, 9.17) is 9.47 Å². The van der Waals surface area contributed by atoms with Gasteiger partial charge in [0, 0.05) is 11.5 Å². The monoisotopic (exact) mass is 328 g/mol. The summed E-state index contributed by atoms with van der Waals surface area (Å²) in [6.45, 7) is 1.49. The summed E-state index contributed by atoms with van der Waals surface area (Å²) < 4.78 is 11.3. The van der Waals surface area contributed by atoms with Crippen molar-refractivity contribution in [2.24, 2.45) is 17.8 Å². The largest absolute Gasteiger partial charge is 0.458 e. The van der Waals surface area contributed by atoms with Crippen LogP contribution in [0, 0.1) is 17.8 Å². The summed E-state index contributed by atoms with van der Waals surface area (Å²) in [6, 6.07) is 6.47. The highest BCUT2D eigenvalue weighted by atomic mass is 16.6. The minimum absolute atomic E-state index is 0.0303. The van der Waals surface area contributed by atoms with Crippen LogP contribution in [0.3, 0.4) is 0 Å². The number of benzene rings is 1. The molecule has 5 rings (SSSR count). The minimum Gasteiger partial charge on any atom is -0.458 e. The summed E-state index contributed by atoms with van der Waals surface area (Å²) in [6.07, 6.45) is 2.81. The first-order chi connectivity index (χ1) is 11.5. The highest BCUT2D eigenvalue weighted by Crippen LogP contribution is 2.48. The normalized spacial score (nSPS) is 33.7.